The van der Waals surface area contributed by atoms with Crippen molar-refractivity contribution >= 4 is 17.9 Å². The van der Waals surface area contributed by atoms with Crippen molar-refractivity contribution in [1.29, 1.82) is 0 Å². The van der Waals surface area contributed by atoms with E-state index in [0.29, 0.717) is 6.04 Å². The van der Waals surface area contributed by atoms with Gasteiger partial charge in [-0.15, -0.1) is 0 Å². The average molecular weight is 220 g/mol. The number of aliphatic carboxylic acids is 1. The maximum Gasteiger partial charge on any atom is 0.328 e. The zero-order valence-corrected chi connectivity index (χ0v) is 9.71. The number of pyridine rings is 1. The van der Waals surface area contributed by atoms with Crippen molar-refractivity contribution in [2.24, 2.45) is 0 Å². The number of hydrogen-bond acceptors (Lipinski definition) is 3. The molecule has 0 aliphatic heterocycles. The highest BCUT2D eigenvalue weighted by Crippen LogP contribution is 2.12. The molecule has 0 saturated heterocycles. The average Bonchev–Trinajstić information content (AvgIpc) is 2.26. The molecular weight excluding hydrogens is 204 g/mol. The first-order chi connectivity index (χ1) is 7.50. The van der Waals surface area contributed by atoms with Crippen molar-refractivity contribution in [2.45, 2.75) is 19.9 Å². The van der Waals surface area contributed by atoms with E-state index >= 15 is 0 Å². The number of carboxylic acid groups (broad SMARTS) is 1. The van der Waals surface area contributed by atoms with E-state index in [-0.39, 0.29) is 0 Å². The molecule has 0 aromatic carbocycles. The van der Waals surface area contributed by atoms with E-state index in [9.17, 15) is 4.79 Å². The van der Waals surface area contributed by atoms with Crippen molar-refractivity contribution in [2.75, 3.05) is 11.9 Å². The minimum Gasteiger partial charge on any atom is -0.478 e. The summed E-state index contributed by atoms with van der Waals surface area (Å²) in [5.74, 6) is -0.0779. The molecule has 86 valence electrons. The van der Waals surface area contributed by atoms with Crippen molar-refractivity contribution in [3.63, 3.8) is 0 Å². The molecule has 1 heterocycles. The van der Waals surface area contributed by atoms with E-state index in [4.69, 9.17) is 5.11 Å². The number of carboxylic acids is 1. The smallest absolute Gasteiger partial charge is 0.328 e. The van der Waals surface area contributed by atoms with Gasteiger partial charge in [-0.25, -0.2) is 9.78 Å². The molecule has 1 aromatic rings. The Morgan fingerprint density at radius 1 is 1.50 bits per heavy atom. The Bertz CT molecular complexity index is 383. The molecule has 1 aromatic heterocycles. The molecule has 0 atom stereocenters. The van der Waals surface area contributed by atoms with E-state index in [1.54, 1.807) is 6.20 Å². The minimum atomic E-state index is -0.955. The number of hydrogen-bond donors (Lipinski definition) is 1. The molecule has 4 nitrogen and oxygen atoms in total. The van der Waals surface area contributed by atoms with Gasteiger partial charge in [0.15, 0.2) is 0 Å². The molecule has 0 aliphatic rings. The van der Waals surface area contributed by atoms with E-state index in [1.165, 1.54) is 6.08 Å². The van der Waals surface area contributed by atoms with Gasteiger partial charge in [-0.1, -0.05) is 0 Å². The van der Waals surface area contributed by atoms with Crippen LogP contribution in [0.4, 0.5) is 5.82 Å². The fourth-order valence-electron chi connectivity index (χ4n) is 1.14. The lowest BCUT2D eigenvalue weighted by atomic mass is 10.2. The molecule has 0 bridgehead atoms. The van der Waals surface area contributed by atoms with Crippen LogP contribution in [0.5, 0.6) is 0 Å². The number of rotatable bonds is 4. The van der Waals surface area contributed by atoms with Gasteiger partial charge in [-0.05, 0) is 37.6 Å². The second kappa shape index (κ2) is 5.30. The van der Waals surface area contributed by atoms with E-state index in [2.05, 4.69) is 18.8 Å². The summed E-state index contributed by atoms with van der Waals surface area (Å²) in [4.78, 5) is 16.6. The van der Waals surface area contributed by atoms with Crippen LogP contribution in [0, 0.1) is 0 Å². The highest BCUT2D eigenvalue weighted by molar-refractivity contribution is 5.85. The Balaban J connectivity index is 2.79. The van der Waals surface area contributed by atoms with Crippen LogP contribution in [0.3, 0.4) is 0 Å². The van der Waals surface area contributed by atoms with Crippen LogP contribution < -0.4 is 4.90 Å². The second-order valence-electron chi connectivity index (χ2n) is 3.83. The summed E-state index contributed by atoms with van der Waals surface area (Å²) in [5, 5.41) is 8.47. The molecule has 0 saturated carbocycles. The van der Waals surface area contributed by atoms with Gasteiger partial charge in [0.25, 0.3) is 0 Å². The Hall–Kier alpha value is -1.84. The topological polar surface area (TPSA) is 53.4 Å². The number of aromatic nitrogens is 1. The normalized spacial score (nSPS) is 11.0. The molecule has 1 rings (SSSR count). The summed E-state index contributed by atoms with van der Waals surface area (Å²) in [5.41, 5.74) is 0.781. The molecule has 0 radical (unpaired) electrons. The summed E-state index contributed by atoms with van der Waals surface area (Å²) in [6, 6.07) is 4.11. The third-order valence-electron chi connectivity index (χ3n) is 2.33. The number of carbonyl (C=O) groups is 1. The summed E-state index contributed by atoms with van der Waals surface area (Å²) in [6.45, 7) is 4.17. The van der Waals surface area contributed by atoms with Crippen LogP contribution in [-0.2, 0) is 4.79 Å². The fraction of sp³-hybridized carbons (Fsp3) is 0.333. The van der Waals surface area contributed by atoms with Gasteiger partial charge in [0.05, 0.1) is 0 Å². The highest BCUT2D eigenvalue weighted by atomic mass is 16.4. The largest absolute Gasteiger partial charge is 0.478 e. The predicted octanol–water partition coefficient (Wildman–Crippen LogP) is 2.02. The van der Waals surface area contributed by atoms with E-state index < -0.39 is 5.97 Å². The Morgan fingerprint density at radius 3 is 2.62 bits per heavy atom. The molecular formula is C12H16N2O2. The number of nitrogens with zero attached hydrogens (tertiary/aromatic N) is 2. The third-order valence-corrected chi connectivity index (χ3v) is 2.33. The lowest BCUT2D eigenvalue weighted by molar-refractivity contribution is -0.131. The zero-order valence-electron chi connectivity index (χ0n) is 9.71. The summed E-state index contributed by atoms with van der Waals surface area (Å²) in [7, 11) is 1.97. The Morgan fingerprint density at radius 2 is 2.19 bits per heavy atom. The van der Waals surface area contributed by atoms with Crippen molar-refractivity contribution in [1.82, 2.24) is 4.98 Å². The van der Waals surface area contributed by atoms with Gasteiger partial charge in [-0.3, -0.25) is 0 Å². The summed E-state index contributed by atoms with van der Waals surface area (Å²) in [6.07, 6.45) is 4.28. The first-order valence-corrected chi connectivity index (χ1v) is 5.10. The van der Waals surface area contributed by atoms with E-state index in [1.807, 2.05) is 24.1 Å². The standard InChI is InChI=1S/C12H16N2O2/c1-9(2)14(3)11-6-4-10(8-13-11)5-7-12(15)16/h4-9H,1-3H3,(H,15,16)/b7-5+. The van der Waals surface area contributed by atoms with E-state index in [0.717, 1.165) is 17.5 Å². The molecule has 0 unspecified atom stereocenters. The van der Waals surface area contributed by atoms with Crippen molar-refractivity contribution in [3.05, 3.63) is 30.0 Å². The molecule has 0 fully saturated rings. The first kappa shape index (κ1) is 12.2. The van der Waals surface area contributed by atoms with Crippen LogP contribution in [0.15, 0.2) is 24.4 Å². The maximum absolute atomic E-state index is 10.3. The van der Waals surface area contributed by atoms with Crippen LogP contribution in [0.1, 0.15) is 19.4 Å². The summed E-state index contributed by atoms with van der Waals surface area (Å²) < 4.78 is 0. The maximum atomic E-state index is 10.3. The quantitative estimate of drug-likeness (QED) is 0.789. The molecule has 0 spiro atoms. The second-order valence-corrected chi connectivity index (χ2v) is 3.83. The molecule has 16 heavy (non-hydrogen) atoms. The zero-order chi connectivity index (χ0) is 12.1. The van der Waals surface area contributed by atoms with Crippen molar-refractivity contribution in [3.8, 4) is 0 Å². The lowest BCUT2D eigenvalue weighted by Crippen LogP contribution is -2.26. The monoisotopic (exact) mass is 220 g/mol. The van der Waals surface area contributed by atoms with Gasteiger partial charge >= 0.3 is 5.97 Å². The number of anilines is 1. The lowest BCUT2D eigenvalue weighted by Gasteiger charge is -2.22. The fourth-order valence-corrected chi connectivity index (χ4v) is 1.14. The molecule has 0 amide bonds. The minimum absolute atomic E-state index is 0.382. The van der Waals surface area contributed by atoms with Gasteiger partial charge in [-0.2, -0.15) is 0 Å². The van der Waals surface area contributed by atoms with Crippen LogP contribution >= 0.6 is 0 Å². The Labute approximate surface area is 95.2 Å². The molecule has 4 heteroatoms. The first-order valence-electron chi connectivity index (χ1n) is 5.10. The predicted molar refractivity (Wildman–Crippen MR) is 64.4 cm³/mol. The summed E-state index contributed by atoms with van der Waals surface area (Å²) >= 11 is 0. The van der Waals surface area contributed by atoms with Crippen LogP contribution in [-0.4, -0.2) is 29.1 Å². The Kier molecular flexibility index (Phi) is 4.05. The van der Waals surface area contributed by atoms with Crippen LogP contribution in [0.25, 0.3) is 6.08 Å². The van der Waals surface area contributed by atoms with Gasteiger partial charge in [0.1, 0.15) is 5.82 Å². The highest BCUT2D eigenvalue weighted by Gasteiger charge is 2.04. The molecule has 0 aliphatic carbocycles. The van der Waals surface area contributed by atoms with Gasteiger partial charge in [0.2, 0.25) is 0 Å². The SMILES string of the molecule is CC(C)N(C)c1ccc(/C=C/C(=O)O)cn1. The van der Waals surface area contributed by atoms with Crippen molar-refractivity contribution < 1.29 is 9.90 Å². The van der Waals surface area contributed by atoms with Crippen LogP contribution in [0.2, 0.25) is 0 Å². The van der Waals surface area contributed by atoms with Gasteiger partial charge < -0.3 is 10.0 Å². The van der Waals surface area contributed by atoms with Gasteiger partial charge in [0, 0.05) is 25.4 Å². The molecule has 1 N–H and O–H groups in total. The third kappa shape index (κ3) is 3.38.